The highest BCUT2D eigenvalue weighted by atomic mass is 32.1. The minimum atomic E-state index is -0.0638. The average molecular weight is 409 g/mol. The van der Waals surface area contributed by atoms with Crippen molar-refractivity contribution in [1.29, 1.82) is 10.5 Å². The van der Waals surface area contributed by atoms with E-state index in [-0.39, 0.29) is 18.0 Å². The number of carbonyl (C=O) groups excluding carboxylic acids is 1. The van der Waals surface area contributed by atoms with Gasteiger partial charge in [-0.1, -0.05) is 12.1 Å². The largest absolute Gasteiger partial charge is 0.495 e. The number of hydrogen-bond acceptors (Lipinski definition) is 8. The van der Waals surface area contributed by atoms with Crippen molar-refractivity contribution in [3.05, 3.63) is 34.3 Å². The molecule has 0 unspecified atom stereocenters. The Morgan fingerprint density at radius 3 is 2.83 bits per heavy atom. The second-order valence-corrected chi connectivity index (χ2v) is 7.97. The van der Waals surface area contributed by atoms with E-state index in [9.17, 15) is 15.3 Å². The van der Waals surface area contributed by atoms with Crippen LogP contribution in [0.3, 0.4) is 0 Å². The summed E-state index contributed by atoms with van der Waals surface area (Å²) in [5.41, 5.74) is 1.80. The average Bonchev–Trinajstić information content (AvgIpc) is 3.41. The Bertz CT molecular complexity index is 1040. The summed E-state index contributed by atoms with van der Waals surface area (Å²) < 4.78 is 10.5. The van der Waals surface area contributed by atoms with Crippen molar-refractivity contribution in [2.24, 2.45) is 0 Å². The first-order valence-corrected chi connectivity index (χ1v) is 9.96. The highest BCUT2D eigenvalue weighted by molar-refractivity contribution is 7.17. The summed E-state index contributed by atoms with van der Waals surface area (Å²) >= 11 is 1.30. The number of ether oxygens (including phenoxy) is 2. The van der Waals surface area contributed by atoms with Gasteiger partial charge in [-0.15, -0.1) is 11.3 Å². The molecule has 4 rings (SSSR count). The number of aromatic nitrogens is 1. The van der Waals surface area contributed by atoms with Gasteiger partial charge in [0.1, 0.15) is 27.3 Å². The lowest BCUT2D eigenvalue weighted by molar-refractivity contribution is 0.0712. The number of fused-ring (bicyclic) bond motifs is 1. The minimum Gasteiger partial charge on any atom is -0.495 e. The van der Waals surface area contributed by atoms with E-state index < -0.39 is 0 Å². The molecule has 0 N–H and O–H groups in total. The molecule has 0 bridgehead atoms. The Morgan fingerprint density at radius 2 is 2.17 bits per heavy atom. The van der Waals surface area contributed by atoms with Gasteiger partial charge in [0.2, 0.25) is 0 Å². The molecule has 1 fully saturated rings. The van der Waals surface area contributed by atoms with Crippen LogP contribution in [0.4, 0.5) is 0 Å². The number of rotatable bonds is 5. The van der Waals surface area contributed by atoms with Crippen LogP contribution in [-0.2, 0) is 11.3 Å². The van der Waals surface area contributed by atoms with Crippen molar-refractivity contribution in [3.63, 3.8) is 0 Å². The Hall–Kier alpha value is -3.14. The first kappa shape index (κ1) is 19.2. The number of nitrogens with zero attached hydrogens (tertiary/aromatic N) is 5. The van der Waals surface area contributed by atoms with E-state index in [1.165, 1.54) is 18.4 Å². The molecular formula is C20H19N5O3S. The second-order valence-electron chi connectivity index (χ2n) is 6.97. The van der Waals surface area contributed by atoms with Crippen molar-refractivity contribution in [2.45, 2.75) is 25.0 Å². The summed E-state index contributed by atoms with van der Waals surface area (Å²) in [5.74, 6) is 0.422. The van der Waals surface area contributed by atoms with Crippen LogP contribution < -0.4 is 4.74 Å². The second kappa shape index (κ2) is 7.70. The molecule has 2 aliphatic rings. The zero-order valence-electron chi connectivity index (χ0n) is 16.1. The first-order valence-electron chi connectivity index (χ1n) is 9.14. The van der Waals surface area contributed by atoms with Crippen LogP contribution in [-0.4, -0.2) is 60.1 Å². The fourth-order valence-electron chi connectivity index (χ4n) is 3.99. The number of amides is 1. The van der Waals surface area contributed by atoms with E-state index in [0.717, 1.165) is 5.69 Å². The van der Waals surface area contributed by atoms with Crippen molar-refractivity contribution >= 4 is 17.2 Å². The molecule has 9 heteroatoms. The number of carbonyl (C=O) groups is 1. The van der Waals surface area contributed by atoms with Crippen LogP contribution in [0.15, 0.2) is 18.2 Å². The fourth-order valence-corrected chi connectivity index (χ4v) is 5.05. The summed E-state index contributed by atoms with van der Waals surface area (Å²) in [7, 11) is 3.13. The number of nitriles is 2. The maximum atomic E-state index is 13.0. The lowest BCUT2D eigenvalue weighted by Crippen LogP contribution is -2.37. The third-order valence-corrected chi connectivity index (χ3v) is 6.50. The quantitative estimate of drug-likeness (QED) is 0.698. The van der Waals surface area contributed by atoms with Gasteiger partial charge in [0.25, 0.3) is 5.91 Å². The summed E-state index contributed by atoms with van der Waals surface area (Å²) in [6.45, 7) is 1.38. The highest BCUT2D eigenvalue weighted by Crippen LogP contribution is 2.39. The van der Waals surface area contributed by atoms with Crippen LogP contribution in [0.5, 0.6) is 5.75 Å². The molecule has 0 radical (unpaired) electrons. The minimum absolute atomic E-state index is 0.0140. The smallest absolute Gasteiger partial charge is 0.266 e. The molecular weight excluding hydrogens is 390 g/mol. The van der Waals surface area contributed by atoms with Crippen molar-refractivity contribution in [2.75, 3.05) is 27.4 Å². The molecule has 1 aromatic carbocycles. The summed E-state index contributed by atoms with van der Waals surface area (Å²) in [5, 5.41) is 19.5. The van der Waals surface area contributed by atoms with Crippen LogP contribution in [0.1, 0.15) is 27.3 Å². The molecule has 1 aromatic heterocycles. The third kappa shape index (κ3) is 3.19. The monoisotopic (exact) mass is 409 g/mol. The Labute approximate surface area is 172 Å². The van der Waals surface area contributed by atoms with Gasteiger partial charge in [0, 0.05) is 19.2 Å². The van der Waals surface area contributed by atoms with Gasteiger partial charge in [-0.3, -0.25) is 4.79 Å². The number of hydrogen-bond donors (Lipinski definition) is 0. The Kier molecular flexibility index (Phi) is 5.10. The van der Waals surface area contributed by atoms with Crippen molar-refractivity contribution in [1.82, 2.24) is 14.8 Å². The first-order chi connectivity index (χ1) is 14.1. The maximum Gasteiger partial charge on any atom is 0.266 e. The molecule has 1 amide bonds. The van der Waals surface area contributed by atoms with E-state index in [0.29, 0.717) is 52.9 Å². The van der Waals surface area contributed by atoms with E-state index in [1.807, 2.05) is 6.07 Å². The molecule has 0 spiro atoms. The standard InChI is InChI=1S/C20H19N5O3S/c1-27-10-13-6-12(8-24(13)11-22)25-9-16-18(20(25)26)29-19(23-16)14-4-3-5-17(28-2)15(14)7-21/h3-5,12-13H,6,8-10H2,1-2H3/t12-,13+/m1/s1. The highest BCUT2D eigenvalue weighted by Gasteiger charge is 2.42. The van der Waals surface area contributed by atoms with Crippen LogP contribution >= 0.6 is 11.3 Å². The van der Waals surface area contributed by atoms with Crippen molar-refractivity contribution < 1.29 is 14.3 Å². The van der Waals surface area contributed by atoms with E-state index >= 15 is 0 Å². The number of methoxy groups -OCH3 is 2. The van der Waals surface area contributed by atoms with Crippen LogP contribution in [0.2, 0.25) is 0 Å². The van der Waals surface area contributed by atoms with Gasteiger partial charge in [0.15, 0.2) is 6.19 Å². The van der Waals surface area contributed by atoms with Crippen LogP contribution in [0.25, 0.3) is 10.6 Å². The number of likely N-dealkylation sites (tertiary alicyclic amines) is 1. The molecule has 148 valence electrons. The number of benzene rings is 1. The molecule has 3 heterocycles. The molecule has 1 saturated heterocycles. The summed E-state index contributed by atoms with van der Waals surface area (Å²) in [6, 6.07) is 7.46. The van der Waals surface area contributed by atoms with Gasteiger partial charge in [0.05, 0.1) is 38.0 Å². The molecule has 2 aliphatic heterocycles. The molecule has 2 aromatic rings. The zero-order valence-corrected chi connectivity index (χ0v) is 16.9. The van der Waals surface area contributed by atoms with E-state index in [1.54, 1.807) is 29.0 Å². The Balaban J connectivity index is 1.58. The lowest BCUT2D eigenvalue weighted by atomic mass is 10.1. The molecule has 0 saturated carbocycles. The molecule has 2 atom stereocenters. The normalized spacial score (nSPS) is 20.5. The molecule has 8 nitrogen and oxygen atoms in total. The van der Waals surface area contributed by atoms with Gasteiger partial charge in [-0.05, 0) is 12.5 Å². The topological polar surface area (TPSA) is 102 Å². The van der Waals surface area contributed by atoms with E-state index in [4.69, 9.17) is 9.47 Å². The molecule has 29 heavy (non-hydrogen) atoms. The lowest BCUT2D eigenvalue weighted by Gasteiger charge is -2.22. The molecule has 0 aliphatic carbocycles. The number of thiazole rings is 1. The predicted octanol–water partition coefficient (Wildman–Crippen LogP) is 2.22. The maximum absolute atomic E-state index is 13.0. The SMILES string of the molecule is COC[C@@H]1C[C@@H](N2Cc3nc(-c4cccc(OC)c4C#N)sc3C2=O)CN1C#N. The third-order valence-electron chi connectivity index (χ3n) is 5.38. The predicted molar refractivity (Wildman–Crippen MR) is 105 cm³/mol. The van der Waals surface area contributed by atoms with Gasteiger partial charge >= 0.3 is 0 Å². The van der Waals surface area contributed by atoms with Gasteiger partial charge < -0.3 is 19.3 Å². The summed E-state index contributed by atoms with van der Waals surface area (Å²) in [4.78, 5) is 21.8. The van der Waals surface area contributed by atoms with Gasteiger partial charge in [-0.25, -0.2) is 4.98 Å². The summed E-state index contributed by atoms with van der Waals surface area (Å²) in [6.07, 6.45) is 2.89. The van der Waals surface area contributed by atoms with Gasteiger partial charge in [-0.2, -0.15) is 10.5 Å². The van der Waals surface area contributed by atoms with Crippen molar-refractivity contribution in [3.8, 4) is 28.6 Å². The van der Waals surface area contributed by atoms with E-state index in [2.05, 4.69) is 17.2 Å². The fraction of sp³-hybridized carbons (Fsp3) is 0.400. The zero-order chi connectivity index (χ0) is 20.5. The van der Waals surface area contributed by atoms with Crippen LogP contribution in [0, 0.1) is 22.8 Å². The Morgan fingerprint density at radius 1 is 1.34 bits per heavy atom.